The second-order valence-electron chi connectivity index (χ2n) is 5.67. The maximum absolute atomic E-state index is 10.9. The quantitative estimate of drug-likeness (QED) is 0.518. The topological polar surface area (TPSA) is 82.2 Å². The first-order valence-corrected chi connectivity index (χ1v) is 8.19. The first kappa shape index (κ1) is 17.8. The number of non-ortho nitro benzene ring substituents is 1. The second kappa shape index (κ2) is 7.45. The summed E-state index contributed by atoms with van der Waals surface area (Å²) in [5, 5.41) is 14.5. The number of imidazole rings is 1. The minimum Gasteiger partial charge on any atom is -0.497 e. The van der Waals surface area contributed by atoms with Crippen LogP contribution in [-0.2, 0) is 7.05 Å². The molecule has 0 aliphatic carbocycles. The minimum absolute atomic E-state index is 0.0597. The van der Waals surface area contributed by atoms with E-state index in [4.69, 9.17) is 16.3 Å². The Hall–Kier alpha value is -3.06. The van der Waals surface area contributed by atoms with Gasteiger partial charge in [0.25, 0.3) is 5.69 Å². The highest BCUT2D eigenvalue weighted by molar-refractivity contribution is 6.33. The van der Waals surface area contributed by atoms with Crippen LogP contribution in [-0.4, -0.2) is 21.6 Å². The molecule has 0 spiro atoms. The standard InChI is InChI=1S/C18H17ClN4O3/c1-22-9-8-20-18(22)17(12-4-3-5-14(10-12)26-2)21-16-7-6-13(23(24)25)11-15(16)19/h3-11,17,21H,1-2H3. The van der Waals surface area contributed by atoms with Gasteiger partial charge in [0.1, 0.15) is 17.6 Å². The van der Waals surface area contributed by atoms with E-state index < -0.39 is 4.92 Å². The van der Waals surface area contributed by atoms with Gasteiger partial charge in [-0.05, 0) is 23.8 Å². The fourth-order valence-electron chi connectivity index (χ4n) is 2.66. The Kier molecular flexibility index (Phi) is 5.09. The lowest BCUT2D eigenvalue weighted by Gasteiger charge is -2.21. The summed E-state index contributed by atoms with van der Waals surface area (Å²) in [7, 11) is 3.50. The van der Waals surface area contributed by atoms with E-state index in [1.54, 1.807) is 19.4 Å². The van der Waals surface area contributed by atoms with Crippen molar-refractivity contribution in [3.8, 4) is 5.75 Å². The zero-order chi connectivity index (χ0) is 18.7. The molecule has 0 saturated heterocycles. The summed E-state index contributed by atoms with van der Waals surface area (Å²) in [4.78, 5) is 14.9. The van der Waals surface area contributed by atoms with Gasteiger partial charge in [-0.3, -0.25) is 10.1 Å². The van der Waals surface area contributed by atoms with Gasteiger partial charge in [0.15, 0.2) is 0 Å². The van der Waals surface area contributed by atoms with Crippen molar-refractivity contribution in [2.45, 2.75) is 6.04 Å². The van der Waals surface area contributed by atoms with Crippen LogP contribution in [0.15, 0.2) is 54.9 Å². The van der Waals surface area contributed by atoms with Crippen LogP contribution in [0.5, 0.6) is 5.75 Å². The average Bonchev–Trinajstić information content (AvgIpc) is 3.06. The number of ether oxygens (including phenoxy) is 1. The minimum atomic E-state index is -0.478. The lowest BCUT2D eigenvalue weighted by Crippen LogP contribution is -2.17. The summed E-state index contributed by atoms with van der Waals surface area (Å²) in [5.41, 5.74) is 1.44. The van der Waals surface area contributed by atoms with Gasteiger partial charge >= 0.3 is 0 Å². The van der Waals surface area contributed by atoms with Gasteiger partial charge in [0.2, 0.25) is 0 Å². The van der Waals surface area contributed by atoms with Gasteiger partial charge in [-0.2, -0.15) is 0 Å². The first-order chi connectivity index (χ1) is 12.5. The number of nitrogens with zero attached hydrogens (tertiary/aromatic N) is 3. The zero-order valence-electron chi connectivity index (χ0n) is 14.2. The van der Waals surface area contributed by atoms with Gasteiger partial charge in [-0.25, -0.2) is 4.98 Å². The molecule has 26 heavy (non-hydrogen) atoms. The molecule has 0 amide bonds. The normalized spacial score (nSPS) is 11.8. The molecule has 1 atom stereocenters. The van der Waals surface area contributed by atoms with E-state index in [1.807, 2.05) is 42.1 Å². The van der Waals surface area contributed by atoms with Gasteiger partial charge in [0.05, 0.1) is 22.7 Å². The predicted octanol–water partition coefficient (Wildman–Crippen LogP) is 4.19. The number of nitro groups is 1. The van der Waals surface area contributed by atoms with Crippen molar-refractivity contribution in [2.24, 2.45) is 7.05 Å². The van der Waals surface area contributed by atoms with E-state index in [9.17, 15) is 10.1 Å². The van der Waals surface area contributed by atoms with Gasteiger partial charge in [-0.1, -0.05) is 23.7 Å². The summed E-state index contributed by atoms with van der Waals surface area (Å²) in [6.45, 7) is 0. The van der Waals surface area contributed by atoms with Gasteiger partial charge in [0, 0.05) is 31.6 Å². The highest BCUT2D eigenvalue weighted by atomic mass is 35.5. The number of aromatic nitrogens is 2. The summed E-state index contributed by atoms with van der Waals surface area (Å²) in [6, 6.07) is 11.6. The number of anilines is 1. The fourth-order valence-corrected chi connectivity index (χ4v) is 2.89. The van der Waals surface area contributed by atoms with Crippen LogP contribution in [0.3, 0.4) is 0 Å². The van der Waals surface area contributed by atoms with Crippen molar-refractivity contribution in [3.63, 3.8) is 0 Å². The molecule has 8 heteroatoms. The third-order valence-corrected chi connectivity index (χ3v) is 4.32. The largest absolute Gasteiger partial charge is 0.497 e. The summed E-state index contributed by atoms with van der Waals surface area (Å²) in [5.74, 6) is 1.49. The van der Waals surface area contributed by atoms with Crippen LogP contribution in [0.25, 0.3) is 0 Å². The van der Waals surface area contributed by atoms with Crippen LogP contribution < -0.4 is 10.1 Å². The van der Waals surface area contributed by atoms with Crippen molar-refractivity contribution in [2.75, 3.05) is 12.4 Å². The molecule has 1 unspecified atom stereocenters. The Morgan fingerprint density at radius 3 is 2.73 bits per heavy atom. The SMILES string of the molecule is COc1cccc(C(Nc2ccc([N+](=O)[O-])cc2Cl)c2nccn2C)c1. The molecule has 0 aliphatic rings. The molecule has 134 valence electrons. The second-order valence-corrected chi connectivity index (χ2v) is 6.08. The maximum Gasteiger partial charge on any atom is 0.271 e. The van der Waals surface area contributed by atoms with Crippen LogP contribution in [0.2, 0.25) is 5.02 Å². The molecule has 3 aromatic rings. The van der Waals surface area contributed by atoms with Crippen molar-refractivity contribution in [1.82, 2.24) is 9.55 Å². The van der Waals surface area contributed by atoms with Crippen LogP contribution in [0.4, 0.5) is 11.4 Å². The number of aryl methyl sites for hydroxylation is 1. The van der Waals surface area contributed by atoms with E-state index in [0.717, 1.165) is 17.1 Å². The number of hydrogen-bond donors (Lipinski definition) is 1. The van der Waals surface area contributed by atoms with Gasteiger partial charge < -0.3 is 14.6 Å². The van der Waals surface area contributed by atoms with Crippen molar-refractivity contribution >= 4 is 23.0 Å². The summed E-state index contributed by atoms with van der Waals surface area (Å²) < 4.78 is 7.21. The molecule has 7 nitrogen and oxygen atoms in total. The zero-order valence-corrected chi connectivity index (χ0v) is 15.0. The molecular weight excluding hydrogens is 356 g/mol. The van der Waals surface area contributed by atoms with Crippen molar-refractivity contribution in [3.05, 3.63) is 81.4 Å². The molecular formula is C18H17ClN4O3. The lowest BCUT2D eigenvalue weighted by molar-refractivity contribution is -0.384. The molecule has 1 aromatic heterocycles. The molecule has 3 rings (SSSR count). The Balaban J connectivity index is 2.02. The van der Waals surface area contributed by atoms with Crippen LogP contribution in [0.1, 0.15) is 17.4 Å². The number of halogens is 1. The van der Waals surface area contributed by atoms with E-state index in [1.165, 1.54) is 12.1 Å². The molecule has 0 fully saturated rings. The first-order valence-electron chi connectivity index (χ1n) is 7.81. The van der Waals surface area contributed by atoms with Gasteiger partial charge in [-0.15, -0.1) is 0 Å². The Morgan fingerprint density at radius 2 is 2.12 bits per heavy atom. The Bertz CT molecular complexity index is 942. The third kappa shape index (κ3) is 3.62. The molecule has 0 aliphatic heterocycles. The van der Waals surface area contributed by atoms with Crippen LogP contribution >= 0.6 is 11.6 Å². The number of rotatable bonds is 6. The van der Waals surface area contributed by atoms with E-state index in [0.29, 0.717) is 5.69 Å². The number of hydrogen-bond acceptors (Lipinski definition) is 5. The van der Waals surface area contributed by atoms with Crippen LogP contribution in [0, 0.1) is 10.1 Å². The average molecular weight is 373 g/mol. The maximum atomic E-state index is 10.9. The molecule has 1 heterocycles. The predicted molar refractivity (Wildman–Crippen MR) is 99.8 cm³/mol. The number of nitrogens with one attached hydrogen (secondary N) is 1. The highest BCUT2D eigenvalue weighted by Gasteiger charge is 2.21. The fraction of sp³-hybridized carbons (Fsp3) is 0.167. The molecule has 0 bridgehead atoms. The summed E-state index contributed by atoms with van der Waals surface area (Å²) in [6.07, 6.45) is 3.56. The van der Waals surface area contributed by atoms with Crippen molar-refractivity contribution < 1.29 is 9.66 Å². The number of nitro benzene ring substituents is 1. The van der Waals surface area contributed by atoms with E-state index in [-0.39, 0.29) is 16.8 Å². The molecule has 1 N–H and O–H groups in total. The number of benzene rings is 2. The molecule has 0 saturated carbocycles. The number of methoxy groups -OCH3 is 1. The van der Waals surface area contributed by atoms with E-state index >= 15 is 0 Å². The highest BCUT2D eigenvalue weighted by Crippen LogP contribution is 2.33. The molecule has 2 aromatic carbocycles. The smallest absolute Gasteiger partial charge is 0.271 e. The Morgan fingerprint density at radius 1 is 1.31 bits per heavy atom. The Labute approximate surface area is 155 Å². The van der Waals surface area contributed by atoms with Crippen molar-refractivity contribution in [1.29, 1.82) is 0 Å². The lowest BCUT2D eigenvalue weighted by atomic mass is 10.0. The van der Waals surface area contributed by atoms with E-state index in [2.05, 4.69) is 10.3 Å². The third-order valence-electron chi connectivity index (χ3n) is 4.01. The molecule has 0 radical (unpaired) electrons. The summed E-state index contributed by atoms with van der Waals surface area (Å²) >= 11 is 6.25. The monoisotopic (exact) mass is 372 g/mol.